The Labute approximate surface area is 99.5 Å². The number of aryl methyl sites for hydroxylation is 1. The molecule has 16 heavy (non-hydrogen) atoms. The summed E-state index contributed by atoms with van der Waals surface area (Å²) in [6.07, 6.45) is 2.15. The van der Waals surface area contributed by atoms with Crippen LogP contribution in [-0.2, 0) is 11.2 Å². The molecule has 1 unspecified atom stereocenters. The topological polar surface area (TPSA) is 33.6 Å². The van der Waals surface area contributed by atoms with E-state index in [1.54, 1.807) is 0 Å². The summed E-state index contributed by atoms with van der Waals surface area (Å²) in [7, 11) is 0. The van der Waals surface area contributed by atoms with Gasteiger partial charge in [-0.05, 0) is 36.1 Å². The van der Waals surface area contributed by atoms with Crippen LogP contribution in [0.3, 0.4) is 0 Å². The number of rotatable bonds is 1. The molecular weight excluding hydrogens is 224 g/mol. The molecule has 1 aliphatic heterocycles. The maximum Gasteiger partial charge on any atom is 0.285 e. The van der Waals surface area contributed by atoms with E-state index in [-0.39, 0.29) is 0 Å². The third kappa shape index (κ3) is 1.76. The van der Waals surface area contributed by atoms with Crippen molar-refractivity contribution in [3.05, 3.63) is 34.3 Å². The molecule has 0 spiro atoms. The average Bonchev–Trinajstić information content (AvgIpc) is 2.89. The number of nitrogens with one attached hydrogen (secondary N) is 1. The van der Waals surface area contributed by atoms with Crippen molar-refractivity contribution in [3.8, 4) is 0 Å². The number of hydrogen-bond donors (Lipinski definition) is 1. The smallest absolute Gasteiger partial charge is 0.285 e. The maximum atomic E-state index is 5.97. The molecule has 1 aliphatic carbocycles. The van der Waals surface area contributed by atoms with Crippen LogP contribution in [0.1, 0.15) is 23.6 Å². The van der Waals surface area contributed by atoms with Crippen LogP contribution in [0, 0.1) is 0 Å². The molecule has 3 nitrogen and oxygen atoms in total. The molecule has 0 saturated carbocycles. The van der Waals surface area contributed by atoms with Gasteiger partial charge in [-0.15, -0.1) is 0 Å². The zero-order valence-corrected chi connectivity index (χ0v) is 9.63. The Kier molecular flexibility index (Phi) is 2.48. The van der Waals surface area contributed by atoms with Crippen LogP contribution in [0.4, 0.5) is 0 Å². The second kappa shape index (κ2) is 3.98. The van der Waals surface area contributed by atoms with Gasteiger partial charge in [-0.25, -0.2) is 4.99 Å². The molecule has 1 aromatic carbocycles. The molecule has 1 N–H and O–H groups in total. The fourth-order valence-electron chi connectivity index (χ4n) is 2.31. The van der Waals surface area contributed by atoms with Crippen molar-refractivity contribution >= 4 is 17.6 Å². The van der Waals surface area contributed by atoms with Gasteiger partial charge >= 0.3 is 0 Å². The number of nitrogens with zero attached hydrogens (tertiary/aromatic N) is 1. The molecule has 1 atom stereocenters. The third-order valence-corrected chi connectivity index (χ3v) is 3.30. The lowest BCUT2D eigenvalue weighted by atomic mass is 10.1. The largest absolute Gasteiger partial charge is 0.463 e. The Bertz CT molecular complexity index is 445. The van der Waals surface area contributed by atoms with Crippen molar-refractivity contribution in [2.45, 2.75) is 18.9 Å². The van der Waals surface area contributed by atoms with E-state index in [9.17, 15) is 0 Å². The van der Waals surface area contributed by atoms with E-state index in [0.29, 0.717) is 18.7 Å². The van der Waals surface area contributed by atoms with Gasteiger partial charge in [-0.3, -0.25) is 0 Å². The highest BCUT2D eigenvalue weighted by Gasteiger charge is 2.24. The Morgan fingerprint density at radius 2 is 2.38 bits per heavy atom. The van der Waals surface area contributed by atoms with E-state index in [4.69, 9.17) is 16.3 Å². The lowest BCUT2D eigenvalue weighted by Gasteiger charge is -2.14. The van der Waals surface area contributed by atoms with Crippen molar-refractivity contribution in [1.82, 2.24) is 5.32 Å². The second-order valence-electron chi connectivity index (χ2n) is 4.11. The Balaban J connectivity index is 1.80. The number of ether oxygens (including phenoxy) is 1. The SMILES string of the molecule is Clc1ccc2c(c1)CCC2NC1=NCCO1. The minimum atomic E-state index is 0.323. The molecule has 0 aromatic heterocycles. The quantitative estimate of drug-likeness (QED) is 0.812. The monoisotopic (exact) mass is 236 g/mol. The van der Waals surface area contributed by atoms with Crippen LogP contribution in [-0.4, -0.2) is 19.2 Å². The van der Waals surface area contributed by atoms with Crippen molar-refractivity contribution < 1.29 is 4.74 Å². The minimum absolute atomic E-state index is 0.323. The highest BCUT2D eigenvalue weighted by atomic mass is 35.5. The minimum Gasteiger partial charge on any atom is -0.463 e. The van der Waals surface area contributed by atoms with Crippen LogP contribution >= 0.6 is 11.6 Å². The van der Waals surface area contributed by atoms with Crippen molar-refractivity contribution in [3.63, 3.8) is 0 Å². The van der Waals surface area contributed by atoms with Gasteiger partial charge in [0.1, 0.15) is 6.61 Å². The van der Waals surface area contributed by atoms with Crippen LogP contribution in [0.5, 0.6) is 0 Å². The number of benzene rings is 1. The van der Waals surface area contributed by atoms with Gasteiger partial charge in [0.05, 0.1) is 12.6 Å². The highest BCUT2D eigenvalue weighted by Crippen LogP contribution is 2.32. The summed E-state index contributed by atoms with van der Waals surface area (Å²) in [4.78, 5) is 4.25. The first kappa shape index (κ1) is 9.97. The third-order valence-electron chi connectivity index (χ3n) is 3.07. The summed E-state index contributed by atoms with van der Waals surface area (Å²) in [5.41, 5.74) is 2.66. The molecule has 4 heteroatoms. The normalized spacial score (nSPS) is 22.6. The molecule has 84 valence electrons. The van der Waals surface area contributed by atoms with Crippen molar-refractivity contribution in [2.75, 3.05) is 13.2 Å². The van der Waals surface area contributed by atoms with Gasteiger partial charge in [0, 0.05) is 5.02 Å². The number of fused-ring (bicyclic) bond motifs is 1. The van der Waals surface area contributed by atoms with Crippen LogP contribution in [0.15, 0.2) is 23.2 Å². The summed E-state index contributed by atoms with van der Waals surface area (Å²) in [6.45, 7) is 1.46. The lowest BCUT2D eigenvalue weighted by molar-refractivity contribution is 0.325. The van der Waals surface area contributed by atoms with Gasteiger partial charge in [0.2, 0.25) is 0 Å². The van der Waals surface area contributed by atoms with E-state index in [1.807, 2.05) is 6.07 Å². The molecule has 2 aliphatic rings. The second-order valence-corrected chi connectivity index (χ2v) is 4.55. The van der Waals surface area contributed by atoms with Crippen LogP contribution in [0.2, 0.25) is 5.02 Å². The zero-order chi connectivity index (χ0) is 11.0. The molecule has 0 amide bonds. The van der Waals surface area contributed by atoms with E-state index in [2.05, 4.69) is 22.4 Å². The fourth-order valence-corrected chi connectivity index (χ4v) is 2.50. The summed E-state index contributed by atoms with van der Waals surface area (Å²) >= 11 is 5.97. The summed E-state index contributed by atoms with van der Waals surface area (Å²) in [5, 5.41) is 4.15. The van der Waals surface area contributed by atoms with E-state index >= 15 is 0 Å². The highest BCUT2D eigenvalue weighted by molar-refractivity contribution is 6.30. The van der Waals surface area contributed by atoms with Gasteiger partial charge in [-0.2, -0.15) is 0 Å². The van der Waals surface area contributed by atoms with Crippen molar-refractivity contribution in [1.29, 1.82) is 0 Å². The van der Waals surface area contributed by atoms with E-state index < -0.39 is 0 Å². The lowest BCUT2D eigenvalue weighted by Crippen LogP contribution is -2.27. The molecular formula is C12H13ClN2O. The molecule has 0 radical (unpaired) electrons. The first-order valence-electron chi connectivity index (χ1n) is 5.55. The Hall–Kier alpha value is -1.22. The average molecular weight is 237 g/mol. The summed E-state index contributed by atoms with van der Waals surface area (Å²) in [6, 6.07) is 7.10. The first-order chi connectivity index (χ1) is 7.83. The standard InChI is InChI=1S/C12H13ClN2O/c13-9-2-3-10-8(7-9)1-4-11(10)15-12-14-5-6-16-12/h2-3,7,11H,1,4-6H2,(H,14,15). The van der Waals surface area contributed by atoms with Gasteiger partial charge in [0.15, 0.2) is 0 Å². The number of aliphatic imine (C=N–C) groups is 1. The Morgan fingerprint density at radius 1 is 1.44 bits per heavy atom. The van der Waals surface area contributed by atoms with E-state index in [1.165, 1.54) is 11.1 Å². The predicted octanol–water partition coefficient (Wildman–Crippen LogP) is 2.30. The summed E-state index contributed by atoms with van der Waals surface area (Å²) < 4.78 is 5.37. The van der Waals surface area contributed by atoms with Crippen molar-refractivity contribution in [2.24, 2.45) is 4.99 Å². The maximum absolute atomic E-state index is 5.97. The molecule has 1 aromatic rings. The molecule has 3 rings (SSSR count). The fraction of sp³-hybridized carbons (Fsp3) is 0.417. The molecule has 0 fully saturated rings. The number of amidine groups is 1. The number of hydrogen-bond acceptors (Lipinski definition) is 3. The van der Waals surface area contributed by atoms with E-state index in [0.717, 1.165) is 24.4 Å². The molecule has 0 saturated heterocycles. The van der Waals surface area contributed by atoms with Gasteiger partial charge in [0.25, 0.3) is 6.02 Å². The van der Waals surface area contributed by atoms with Crippen LogP contribution in [0.25, 0.3) is 0 Å². The van der Waals surface area contributed by atoms with Crippen LogP contribution < -0.4 is 5.32 Å². The Morgan fingerprint density at radius 3 is 3.19 bits per heavy atom. The van der Waals surface area contributed by atoms with Gasteiger partial charge in [-0.1, -0.05) is 17.7 Å². The van der Waals surface area contributed by atoms with Gasteiger partial charge < -0.3 is 10.1 Å². The summed E-state index contributed by atoms with van der Waals surface area (Å²) in [5.74, 6) is 0. The molecule has 0 bridgehead atoms. The molecule has 1 heterocycles. The first-order valence-corrected chi connectivity index (χ1v) is 5.93. The number of halogens is 1. The predicted molar refractivity (Wildman–Crippen MR) is 63.9 cm³/mol. The zero-order valence-electron chi connectivity index (χ0n) is 8.87.